The number of aromatic nitrogens is 8. The van der Waals surface area contributed by atoms with Crippen molar-refractivity contribution in [3.8, 4) is 101 Å². The number of benzene rings is 23. The van der Waals surface area contributed by atoms with E-state index in [0.717, 1.165) is 145 Å². The summed E-state index contributed by atoms with van der Waals surface area (Å²) in [5.74, 6) is 0. The van der Waals surface area contributed by atoms with Gasteiger partial charge in [-0.15, -0.1) is 0 Å². The van der Waals surface area contributed by atoms with Crippen LogP contribution >= 0.6 is 0 Å². The second-order valence-electron chi connectivity index (χ2n) is 36.4. The Hall–Kier alpha value is -18.5. The van der Waals surface area contributed by atoms with Gasteiger partial charge in [-0.2, -0.15) is 0 Å². The van der Waals surface area contributed by atoms with Gasteiger partial charge in [0.05, 0.1) is 89.0 Å². The summed E-state index contributed by atoms with van der Waals surface area (Å²) in [5.41, 5.74) is 31.9. The fourth-order valence-corrected chi connectivity index (χ4v) is 21.9. The molecule has 8 heteroatoms. The predicted octanol–water partition coefficient (Wildman–Crippen LogP) is 34.2. The molecule has 0 saturated carbocycles. The van der Waals surface area contributed by atoms with Crippen LogP contribution in [0.2, 0.25) is 0 Å². The van der Waals surface area contributed by atoms with Crippen LogP contribution in [-0.2, 0) is 0 Å². The Kier molecular flexibility index (Phi) is 17.9. The molecular weight excluding hydrogens is 1670 g/mol. The lowest BCUT2D eigenvalue weighted by molar-refractivity contribution is 1.17. The van der Waals surface area contributed by atoms with Gasteiger partial charge in [-0.3, -0.25) is 0 Å². The van der Waals surface area contributed by atoms with Crippen molar-refractivity contribution in [1.29, 1.82) is 0 Å². The Labute approximate surface area is 793 Å². The number of nitrogens with zero attached hydrogens (tertiary/aromatic N) is 8. The molecule has 0 N–H and O–H groups in total. The summed E-state index contributed by atoms with van der Waals surface area (Å²) in [6.07, 6.45) is 0. The van der Waals surface area contributed by atoms with Crippen molar-refractivity contribution in [2.24, 2.45) is 0 Å². The highest BCUT2D eigenvalue weighted by Crippen LogP contribution is 2.47. The molecular formula is C130H80N8. The molecule has 23 aromatic carbocycles. The van der Waals surface area contributed by atoms with E-state index in [1.165, 1.54) is 130 Å². The van der Waals surface area contributed by atoms with Gasteiger partial charge in [-0.05, 0) is 262 Å². The van der Waals surface area contributed by atoms with Crippen molar-refractivity contribution < 1.29 is 0 Å². The lowest BCUT2D eigenvalue weighted by Gasteiger charge is -2.15. The third kappa shape index (κ3) is 12.9. The topological polar surface area (TPSA) is 71.3 Å². The first-order valence-electron chi connectivity index (χ1n) is 47.2. The quantitative estimate of drug-likeness (QED) is 0.129. The number of rotatable bonds is 11. The Morgan fingerprint density at radius 2 is 0.399 bits per heavy atom. The largest absolute Gasteiger partial charge is 0.309 e. The van der Waals surface area contributed by atoms with Gasteiger partial charge in [0.2, 0.25) is 0 Å². The van der Waals surface area contributed by atoms with E-state index in [0.29, 0.717) is 0 Å². The van der Waals surface area contributed by atoms with Crippen molar-refractivity contribution in [3.63, 3.8) is 0 Å². The van der Waals surface area contributed by atoms with Crippen molar-refractivity contribution in [2.45, 2.75) is 0 Å². The minimum atomic E-state index is 0.852. The molecule has 0 fully saturated rings. The average molecular weight is 1750 g/mol. The Morgan fingerprint density at radius 1 is 0.123 bits per heavy atom. The molecule has 29 rings (SSSR count). The molecule has 0 aliphatic carbocycles. The standard InChI is InChI=1S/C68H42N4.C62H38N4/c1-3-15-43(16-4-1)51-36-52(44-17-5-2-6-18-44)38-53(37-51)68-67(69-60-24-12-13-25-61(60)70-68)50-28-27-49-39-54(31-29-48(49)35-50)72-63-34-32-55(42-59(63)58-40-46-20-7-8-21-47(46)41-65(58)72)71-62-26-14-11-23-57(62)66-56-22-10-9-19-45(56)30-33-64(66)71;1-2-12-39(13-3-1)40-22-25-43(26-23-40)61-62(64-55-20-10-9-19-54(55)63-61)46-27-24-41-28-30-48(35-47(41)34-46)66-57-33-31-49(38-53(57)52-36-44-15-4-5-16-45(44)37-59(52)66)65-56-21-11-8-18-51(56)60-50-17-7-6-14-42(50)29-32-58(60)65/h1-42H;1-38H. The molecule has 0 atom stereocenters. The van der Waals surface area contributed by atoms with Crippen LogP contribution < -0.4 is 0 Å². The normalized spacial score (nSPS) is 11.9. The van der Waals surface area contributed by atoms with Gasteiger partial charge < -0.3 is 18.3 Å². The molecule has 0 radical (unpaired) electrons. The lowest BCUT2D eigenvalue weighted by Crippen LogP contribution is -1.97. The Bertz CT molecular complexity index is 10000. The average Bonchev–Trinajstić information content (AvgIpc) is 1.57. The molecule has 0 amide bonds. The van der Waals surface area contributed by atoms with Crippen LogP contribution in [0.3, 0.4) is 0 Å². The third-order valence-corrected chi connectivity index (χ3v) is 28.4. The third-order valence-electron chi connectivity index (χ3n) is 28.4. The molecule has 0 unspecified atom stereocenters. The number of para-hydroxylation sites is 6. The summed E-state index contributed by atoms with van der Waals surface area (Å²) in [6, 6.07) is 176. The summed E-state index contributed by atoms with van der Waals surface area (Å²) in [7, 11) is 0. The fourth-order valence-electron chi connectivity index (χ4n) is 21.9. The highest BCUT2D eigenvalue weighted by Gasteiger charge is 2.25. The summed E-state index contributed by atoms with van der Waals surface area (Å²) >= 11 is 0. The van der Waals surface area contributed by atoms with Crippen LogP contribution in [0.4, 0.5) is 0 Å². The maximum Gasteiger partial charge on any atom is 0.0973 e. The van der Waals surface area contributed by atoms with Crippen LogP contribution in [-0.4, -0.2) is 38.2 Å². The lowest BCUT2D eigenvalue weighted by atomic mass is 9.93. The van der Waals surface area contributed by atoms with Gasteiger partial charge >= 0.3 is 0 Å². The summed E-state index contributed by atoms with van der Waals surface area (Å²) in [5, 5.41) is 24.5. The second kappa shape index (κ2) is 31.6. The molecule has 0 saturated heterocycles. The number of hydrogen-bond acceptors (Lipinski definition) is 4. The van der Waals surface area contributed by atoms with E-state index in [4.69, 9.17) is 19.9 Å². The van der Waals surface area contributed by atoms with Crippen molar-refractivity contribution in [3.05, 3.63) is 485 Å². The zero-order valence-electron chi connectivity index (χ0n) is 74.8. The van der Waals surface area contributed by atoms with Gasteiger partial charge in [0.25, 0.3) is 0 Å². The van der Waals surface area contributed by atoms with E-state index in [1.54, 1.807) is 0 Å². The first-order chi connectivity index (χ1) is 68.4. The highest BCUT2D eigenvalue weighted by atomic mass is 15.0. The minimum absolute atomic E-state index is 0.852. The molecule has 6 aromatic heterocycles. The van der Waals surface area contributed by atoms with Crippen LogP contribution in [0.25, 0.3) is 275 Å². The zero-order chi connectivity index (χ0) is 90.6. The SMILES string of the molecule is c1ccc(-c2cc(-c3ccccc3)cc(-c3nc4ccccc4nc3-c3ccc4cc(-n5c6ccc(-n7c8ccccc8c8c9ccccc9ccc87)cc6c6cc7ccccc7cc65)ccc4c3)c2)cc1.c1ccc(-c2ccc(-c3nc4ccccc4nc3-c3ccc4ccc(-n5c6ccc(-n7c8ccccc8c8c9ccccc9ccc87)cc6c6cc7ccccc7cc65)cc4c3)cc2)cc1. The second-order valence-corrected chi connectivity index (χ2v) is 36.4. The van der Waals surface area contributed by atoms with Gasteiger partial charge in [0.1, 0.15) is 0 Å². The predicted molar refractivity (Wildman–Crippen MR) is 580 cm³/mol. The van der Waals surface area contributed by atoms with Crippen LogP contribution in [0.5, 0.6) is 0 Å². The molecule has 0 aliphatic heterocycles. The van der Waals surface area contributed by atoms with Gasteiger partial charge in [-0.25, -0.2) is 19.9 Å². The molecule has 0 aliphatic rings. The van der Waals surface area contributed by atoms with Gasteiger partial charge in [0.15, 0.2) is 0 Å². The van der Waals surface area contributed by atoms with E-state index >= 15 is 0 Å². The fraction of sp³-hybridized carbons (Fsp3) is 0. The first-order valence-corrected chi connectivity index (χ1v) is 47.2. The summed E-state index contributed by atoms with van der Waals surface area (Å²) < 4.78 is 9.79. The molecule has 29 aromatic rings. The van der Waals surface area contributed by atoms with E-state index in [9.17, 15) is 0 Å². The Morgan fingerprint density at radius 3 is 0.877 bits per heavy atom. The zero-order valence-corrected chi connectivity index (χ0v) is 74.8. The maximum absolute atomic E-state index is 5.40. The van der Waals surface area contributed by atoms with Crippen molar-refractivity contribution >= 4 is 174 Å². The van der Waals surface area contributed by atoms with Crippen molar-refractivity contribution in [1.82, 2.24) is 38.2 Å². The smallest absolute Gasteiger partial charge is 0.0973 e. The molecule has 0 bridgehead atoms. The molecule has 138 heavy (non-hydrogen) atoms. The van der Waals surface area contributed by atoms with E-state index in [2.05, 4.69) is 467 Å². The summed E-state index contributed by atoms with van der Waals surface area (Å²) in [6.45, 7) is 0. The number of fused-ring (bicyclic) bond motifs is 22. The van der Waals surface area contributed by atoms with Crippen LogP contribution in [0.15, 0.2) is 485 Å². The molecule has 8 nitrogen and oxygen atoms in total. The van der Waals surface area contributed by atoms with Crippen molar-refractivity contribution in [2.75, 3.05) is 0 Å². The van der Waals surface area contributed by atoms with Gasteiger partial charge in [0, 0.05) is 88.1 Å². The summed E-state index contributed by atoms with van der Waals surface area (Å²) in [4.78, 5) is 21.3. The van der Waals surface area contributed by atoms with Crippen LogP contribution in [0, 0.1) is 0 Å². The number of hydrogen-bond donors (Lipinski definition) is 0. The monoisotopic (exact) mass is 1750 g/mol. The van der Waals surface area contributed by atoms with Crippen LogP contribution in [0.1, 0.15) is 0 Å². The maximum atomic E-state index is 5.40. The Balaban J connectivity index is 0.000000137. The van der Waals surface area contributed by atoms with E-state index < -0.39 is 0 Å². The highest BCUT2D eigenvalue weighted by molar-refractivity contribution is 6.24. The van der Waals surface area contributed by atoms with Gasteiger partial charge in [-0.1, -0.05) is 322 Å². The minimum Gasteiger partial charge on any atom is -0.309 e. The molecule has 640 valence electrons. The van der Waals surface area contributed by atoms with E-state index in [1.807, 2.05) is 36.4 Å². The first kappa shape index (κ1) is 78.2. The van der Waals surface area contributed by atoms with E-state index in [-0.39, 0.29) is 0 Å². The molecule has 6 heterocycles. The molecule has 0 spiro atoms.